The molecule has 0 bridgehead atoms. The molecular formula is C11H13N3O4S. The minimum Gasteiger partial charge on any atom is -0.449 e. The van der Waals surface area contributed by atoms with Gasteiger partial charge in [-0.15, -0.1) is 0 Å². The van der Waals surface area contributed by atoms with Crippen molar-refractivity contribution in [1.82, 2.24) is 4.72 Å². The first-order valence-corrected chi connectivity index (χ1v) is 6.79. The highest BCUT2D eigenvalue weighted by Crippen LogP contribution is 2.20. The average Bonchev–Trinajstić information content (AvgIpc) is 2.37. The zero-order chi connectivity index (χ0) is 14.5. The number of rotatable bonds is 4. The van der Waals surface area contributed by atoms with Crippen LogP contribution in [-0.4, -0.2) is 28.2 Å². The van der Waals surface area contributed by atoms with Crippen molar-refractivity contribution in [3.63, 3.8) is 0 Å². The van der Waals surface area contributed by atoms with Gasteiger partial charge >= 0.3 is 16.3 Å². The van der Waals surface area contributed by atoms with E-state index in [0.717, 1.165) is 4.31 Å². The highest BCUT2D eigenvalue weighted by atomic mass is 32.2. The summed E-state index contributed by atoms with van der Waals surface area (Å²) in [5.41, 5.74) is 0.348. The van der Waals surface area contributed by atoms with Crippen LogP contribution in [0.15, 0.2) is 24.3 Å². The van der Waals surface area contributed by atoms with Gasteiger partial charge in [0.05, 0.1) is 17.9 Å². The van der Waals surface area contributed by atoms with Crippen molar-refractivity contribution in [2.24, 2.45) is 0 Å². The molecule has 1 amide bonds. The lowest BCUT2D eigenvalue weighted by Crippen LogP contribution is -2.42. The lowest BCUT2D eigenvalue weighted by Gasteiger charge is -2.20. The topological polar surface area (TPSA) is 99.5 Å². The number of nitrogens with one attached hydrogen (secondary N) is 1. The number of para-hydroxylation sites is 1. The van der Waals surface area contributed by atoms with Gasteiger partial charge in [0.25, 0.3) is 0 Å². The Bertz CT molecular complexity index is 607. The van der Waals surface area contributed by atoms with Crippen molar-refractivity contribution >= 4 is 22.0 Å². The third-order valence-corrected chi connectivity index (χ3v) is 3.55. The average molecular weight is 283 g/mol. The number of anilines is 1. The molecule has 0 heterocycles. The fourth-order valence-electron chi connectivity index (χ4n) is 1.31. The second-order valence-corrected chi connectivity index (χ2v) is 5.13. The molecule has 1 aromatic carbocycles. The molecule has 1 aromatic rings. The highest BCUT2D eigenvalue weighted by molar-refractivity contribution is 7.91. The van der Waals surface area contributed by atoms with Crippen LogP contribution in [0.1, 0.15) is 12.5 Å². The maximum atomic E-state index is 11.9. The van der Waals surface area contributed by atoms with Crippen molar-refractivity contribution < 1.29 is 17.9 Å². The van der Waals surface area contributed by atoms with E-state index in [9.17, 15) is 13.2 Å². The van der Waals surface area contributed by atoms with Crippen molar-refractivity contribution in [2.45, 2.75) is 6.92 Å². The van der Waals surface area contributed by atoms with Gasteiger partial charge in [-0.2, -0.15) is 13.7 Å². The third-order valence-electron chi connectivity index (χ3n) is 2.21. The summed E-state index contributed by atoms with van der Waals surface area (Å²) in [5, 5.41) is 8.92. The number of nitriles is 1. The van der Waals surface area contributed by atoms with Crippen LogP contribution in [-0.2, 0) is 14.9 Å². The lowest BCUT2D eigenvalue weighted by atomic mass is 10.2. The molecule has 1 rings (SSSR count). The van der Waals surface area contributed by atoms with E-state index in [1.54, 1.807) is 23.8 Å². The van der Waals surface area contributed by atoms with Gasteiger partial charge in [0, 0.05) is 7.05 Å². The number of nitrogens with zero attached hydrogens (tertiary/aromatic N) is 2. The minimum atomic E-state index is -4.11. The van der Waals surface area contributed by atoms with Gasteiger partial charge in [-0.3, -0.25) is 4.31 Å². The van der Waals surface area contributed by atoms with E-state index in [0.29, 0.717) is 0 Å². The summed E-state index contributed by atoms with van der Waals surface area (Å²) in [5.74, 6) is 0. The summed E-state index contributed by atoms with van der Waals surface area (Å²) in [4.78, 5) is 11.1. The van der Waals surface area contributed by atoms with E-state index in [1.165, 1.54) is 19.2 Å². The molecule has 0 fully saturated rings. The summed E-state index contributed by atoms with van der Waals surface area (Å²) in [6, 6.07) is 8.02. The molecule has 0 saturated carbocycles. The molecular weight excluding hydrogens is 270 g/mol. The number of hydrogen-bond acceptors (Lipinski definition) is 5. The van der Waals surface area contributed by atoms with E-state index in [2.05, 4.69) is 4.74 Å². The Balaban J connectivity index is 3.02. The van der Waals surface area contributed by atoms with Gasteiger partial charge in [-0.05, 0) is 19.1 Å². The monoisotopic (exact) mass is 283 g/mol. The van der Waals surface area contributed by atoms with Crippen molar-refractivity contribution in [2.75, 3.05) is 18.0 Å². The first-order valence-electron chi connectivity index (χ1n) is 5.35. The Morgan fingerprint density at radius 2 is 2.11 bits per heavy atom. The lowest BCUT2D eigenvalue weighted by molar-refractivity contribution is 0.158. The molecule has 8 heteroatoms. The van der Waals surface area contributed by atoms with E-state index >= 15 is 0 Å². The van der Waals surface area contributed by atoms with Gasteiger partial charge in [0.15, 0.2) is 0 Å². The Kier molecular flexibility index (Phi) is 4.72. The highest BCUT2D eigenvalue weighted by Gasteiger charge is 2.23. The molecule has 0 aliphatic rings. The molecule has 0 aliphatic heterocycles. The molecule has 0 saturated heterocycles. The SMILES string of the molecule is CCOC(=O)NS(=O)(=O)N(C)c1ccccc1C#N. The van der Waals surface area contributed by atoms with Crippen LogP contribution in [0.2, 0.25) is 0 Å². The zero-order valence-electron chi connectivity index (χ0n) is 10.5. The van der Waals surface area contributed by atoms with Crippen LogP contribution in [0, 0.1) is 11.3 Å². The number of ether oxygens (including phenoxy) is 1. The second-order valence-electron chi connectivity index (χ2n) is 3.42. The summed E-state index contributed by atoms with van der Waals surface area (Å²) in [6.07, 6.45) is -1.07. The van der Waals surface area contributed by atoms with Gasteiger partial charge in [-0.1, -0.05) is 12.1 Å². The number of amides is 1. The number of carbonyl (C=O) groups is 1. The van der Waals surface area contributed by atoms with Crippen molar-refractivity contribution in [1.29, 1.82) is 5.26 Å². The molecule has 0 atom stereocenters. The predicted octanol–water partition coefficient (Wildman–Crippen LogP) is 0.985. The van der Waals surface area contributed by atoms with Crippen LogP contribution in [0.3, 0.4) is 0 Å². The summed E-state index contributed by atoms with van der Waals surface area (Å²) < 4.78 is 30.8. The van der Waals surface area contributed by atoms with Crippen LogP contribution in [0.4, 0.5) is 10.5 Å². The molecule has 0 unspecified atom stereocenters. The number of hydrogen-bond donors (Lipinski definition) is 1. The smallest absolute Gasteiger partial charge is 0.422 e. The van der Waals surface area contributed by atoms with Crippen LogP contribution in [0.5, 0.6) is 0 Å². The quantitative estimate of drug-likeness (QED) is 0.888. The van der Waals surface area contributed by atoms with Crippen molar-refractivity contribution in [3.8, 4) is 6.07 Å². The van der Waals surface area contributed by atoms with E-state index in [-0.39, 0.29) is 17.9 Å². The fraction of sp³-hybridized carbons (Fsp3) is 0.273. The molecule has 19 heavy (non-hydrogen) atoms. The normalized spacial score (nSPS) is 10.4. The first-order chi connectivity index (χ1) is 8.92. The minimum absolute atomic E-state index is 0.0554. The molecule has 0 aromatic heterocycles. The molecule has 7 nitrogen and oxygen atoms in total. The molecule has 0 radical (unpaired) electrons. The molecule has 1 N–H and O–H groups in total. The van der Waals surface area contributed by atoms with Crippen LogP contribution < -0.4 is 9.03 Å². The Labute approximate surface area is 111 Å². The summed E-state index contributed by atoms with van der Waals surface area (Å²) in [6.45, 7) is 1.61. The van der Waals surface area contributed by atoms with Crippen LogP contribution in [0.25, 0.3) is 0 Å². The number of benzene rings is 1. The number of carbonyl (C=O) groups excluding carboxylic acids is 1. The Morgan fingerprint density at radius 3 is 2.68 bits per heavy atom. The largest absolute Gasteiger partial charge is 0.449 e. The van der Waals surface area contributed by atoms with Gasteiger partial charge < -0.3 is 4.74 Å². The summed E-state index contributed by atoms with van der Waals surface area (Å²) >= 11 is 0. The Morgan fingerprint density at radius 1 is 1.47 bits per heavy atom. The summed E-state index contributed by atoms with van der Waals surface area (Å²) in [7, 11) is -2.88. The zero-order valence-corrected chi connectivity index (χ0v) is 11.3. The van der Waals surface area contributed by atoms with Crippen molar-refractivity contribution in [3.05, 3.63) is 29.8 Å². The van der Waals surface area contributed by atoms with Gasteiger partial charge in [-0.25, -0.2) is 9.52 Å². The molecule has 0 aliphatic carbocycles. The van der Waals surface area contributed by atoms with E-state index in [1.807, 2.05) is 6.07 Å². The molecule has 102 valence electrons. The predicted molar refractivity (Wildman–Crippen MR) is 68.6 cm³/mol. The van der Waals surface area contributed by atoms with Crippen LogP contribution >= 0.6 is 0 Å². The maximum Gasteiger partial charge on any atom is 0.422 e. The molecule has 0 spiro atoms. The third kappa shape index (κ3) is 3.59. The van der Waals surface area contributed by atoms with E-state index < -0.39 is 16.3 Å². The van der Waals surface area contributed by atoms with Gasteiger partial charge in [0.2, 0.25) is 0 Å². The fourth-order valence-corrected chi connectivity index (χ4v) is 2.13. The second kappa shape index (κ2) is 6.06. The Hall–Kier alpha value is -2.27. The van der Waals surface area contributed by atoms with E-state index in [4.69, 9.17) is 5.26 Å². The maximum absolute atomic E-state index is 11.9. The first kappa shape index (κ1) is 14.8. The van der Waals surface area contributed by atoms with Gasteiger partial charge in [0.1, 0.15) is 6.07 Å². The standard InChI is InChI=1S/C11H13N3O4S/c1-3-18-11(15)13-19(16,17)14(2)10-7-5-4-6-9(10)8-12/h4-7H,3H2,1-2H3,(H,13,15).